The lowest BCUT2D eigenvalue weighted by Crippen LogP contribution is -2.33. The molecule has 1 aromatic carbocycles. The Morgan fingerprint density at radius 2 is 2.15 bits per heavy atom. The third-order valence-corrected chi connectivity index (χ3v) is 3.85. The van der Waals surface area contributed by atoms with E-state index in [1.165, 1.54) is 12.1 Å². The van der Waals surface area contributed by atoms with E-state index in [4.69, 9.17) is 10.5 Å². The molecule has 1 aliphatic heterocycles. The normalized spacial score (nSPS) is 22.9. The molecule has 1 fully saturated rings. The van der Waals surface area contributed by atoms with Gasteiger partial charge in [0.25, 0.3) is 5.69 Å². The van der Waals surface area contributed by atoms with Gasteiger partial charge in [-0.05, 0) is 37.1 Å². The Hall–Kier alpha value is -1.66. The van der Waals surface area contributed by atoms with Crippen molar-refractivity contribution >= 4 is 5.69 Å². The fraction of sp³-hybridized carbons (Fsp3) is 0.571. The molecule has 6 nitrogen and oxygen atoms in total. The van der Waals surface area contributed by atoms with Crippen molar-refractivity contribution < 1.29 is 9.66 Å². The molecule has 0 aliphatic carbocycles. The van der Waals surface area contributed by atoms with Crippen LogP contribution in [-0.2, 0) is 0 Å². The number of nitrogens with two attached hydrogens (primary N) is 1. The molecule has 1 heterocycles. The second kappa shape index (κ2) is 6.19. The van der Waals surface area contributed by atoms with E-state index in [-0.39, 0.29) is 11.1 Å². The van der Waals surface area contributed by atoms with Crippen molar-refractivity contribution in [3.63, 3.8) is 0 Å². The highest BCUT2D eigenvalue weighted by Crippen LogP contribution is 2.28. The SMILES string of the molecule is CC1(CN)CCN(CCOc2ccc([N+](=O)[O-])cc2)C1. The van der Waals surface area contributed by atoms with E-state index in [1.807, 2.05) is 0 Å². The average molecular weight is 279 g/mol. The fourth-order valence-electron chi connectivity index (χ4n) is 2.44. The first-order valence-electron chi connectivity index (χ1n) is 6.82. The highest BCUT2D eigenvalue weighted by molar-refractivity contribution is 5.35. The zero-order valence-electron chi connectivity index (χ0n) is 11.7. The first-order valence-corrected chi connectivity index (χ1v) is 6.82. The minimum absolute atomic E-state index is 0.0793. The molecule has 0 aromatic heterocycles. The summed E-state index contributed by atoms with van der Waals surface area (Å²) in [7, 11) is 0. The number of non-ortho nitro benzene ring substituents is 1. The monoisotopic (exact) mass is 279 g/mol. The van der Waals surface area contributed by atoms with E-state index in [0.717, 1.165) is 26.1 Å². The van der Waals surface area contributed by atoms with Crippen LogP contribution in [0.15, 0.2) is 24.3 Å². The summed E-state index contributed by atoms with van der Waals surface area (Å²) in [6.45, 7) is 6.42. The van der Waals surface area contributed by atoms with Gasteiger partial charge in [-0.2, -0.15) is 0 Å². The minimum Gasteiger partial charge on any atom is -0.492 e. The number of nitrogens with zero attached hydrogens (tertiary/aromatic N) is 2. The number of nitro benzene ring substituents is 1. The molecule has 20 heavy (non-hydrogen) atoms. The molecule has 0 radical (unpaired) electrons. The number of benzene rings is 1. The number of hydrogen-bond acceptors (Lipinski definition) is 5. The highest BCUT2D eigenvalue weighted by Gasteiger charge is 2.31. The minimum atomic E-state index is -0.415. The van der Waals surface area contributed by atoms with Crippen molar-refractivity contribution in [3.8, 4) is 5.75 Å². The lowest BCUT2D eigenvalue weighted by atomic mass is 9.90. The number of hydrogen-bond donors (Lipinski definition) is 1. The topological polar surface area (TPSA) is 81.6 Å². The van der Waals surface area contributed by atoms with Crippen LogP contribution >= 0.6 is 0 Å². The van der Waals surface area contributed by atoms with Gasteiger partial charge >= 0.3 is 0 Å². The summed E-state index contributed by atoms with van der Waals surface area (Å²) in [6, 6.07) is 6.17. The third kappa shape index (κ3) is 3.68. The summed E-state index contributed by atoms with van der Waals surface area (Å²) in [4.78, 5) is 12.5. The molecule has 110 valence electrons. The van der Waals surface area contributed by atoms with Crippen molar-refractivity contribution in [3.05, 3.63) is 34.4 Å². The van der Waals surface area contributed by atoms with Crippen LogP contribution in [0.1, 0.15) is 13.3 Å². The summed E-state index contributed by atoms with van der Waals surface area (Å²) < 4.78 is 5.61. The highest BCUT2D eigenvalue weighted by atomic mass is 16.6. The van der Waals surface area contributed by atoms with Crippen molar-refractivity contribution in [2.45, 2.75) is 13.3 Å². The summed E-state index contributed by atoms with van der Waals surface area (Å²) >= 11 is 0. The molecule has 2 N–H and O–H groups in total. The molecule has 2 rings (SSSR count). The Morgan fingerprint density at radius 3 is 2.70 bits per heavy atom. The van der Waals surface area contributed by atoms with Crippen molar-refractivity contribution in [2.24, 2.45) is 11.1 Å². The van der Waals surface area contributed by atoms with E-state index in [9.17, 15) is 10.1 Å². The van der Waals surface area contributed by atoms with Gasteiger partial charge in [0.05, 0.1) is 4.92 Å². The van der Waals surface area contributed by atoms with Crippen molar-refractivity contribution in [1.29, 1.82) is 0 Å². The van der Waals surface area contributed by atoms with E-state index in [0.29, 0.717) is 18.9 Å². The zero-order chi connectivity index (χ0) is 14.6. The second-order valence-electron chi connectivity index (χ2n) is 5.64. The van der Waals surface area contributed by atoms with Crippen LogP contribution in [0, 0.1) is 15.5 Å². The van der Waals surface area contributed by atoms with Gasteiger partial charge in [0.1, 0.15) is 12.4 Å². The Balaban J connectivity index is 1.75. The summed E-state index contributed by atoms with van der Waals surface area (Å²) in [5.41, 5.74) is 6.08. The maximum Gasteiger partial charge on any atom is 0.269 e. The molecule has 1 atom stereocenters. The second-order valence-corrected chi connectivity index (χ2v) is 5.64. The standard InChI is InChI=1S/C14H21N3O3/c1-14(10-15)6-7-16(11-14)8-9-20-13-4-2-12(3-5-13)17(18)19/h2-5H,6-11,15H2,1H3. The molecule has 1 unspecified atom stereocenters. The molecule has 0 bridgehead atoms. The number of ether oxygens (including phenoxy) is 1. The van der Waals surface area contributed by atoms with E-state index < -0.39 is 4.92 Å². The quantitative estimate of drug-likeness (QED) is 0.632. The van der Waals surface area contributed by atoms with Gasteiger partial charge in [0.15, 0.2) is 0 Å². The van der Waals surface area contributed by atoms with Crippen LogP contribution in [0.25, 0.3) is 0 Å². The van der Waals surface area contributed by atoms with Gasteiger partial charge < -0.3 is 10.5 Å². The molecular weight excluding hydrogens is 258 g/mol. The van der Waals surface area contributed by atoms with Crippen molar-refractivity contribution in [2.75, 3.05) is 32.8 Å². The molecule has 0 amide bonds. The van der Waals surface area contributed by atoms with Crippen LogP contribution in [0.3, 0.4) is 0 Å². The lowest BCUT2D eigenvalue weighted by molar-refractivity contribution is -0.384. The Morgan fingerprint density at radius 1 is 1.45 bits per heavy atom. The average Bonchev–Trinajstić information content (AvgIpc) is 2.82. The molecule has 6 heteroatoms. The van der Waals surface area contributed by atoms with Crippen LogP contribution in [0.4, 0.5) is 5.69 Å². The zero-order valence-corrected chi connectivity index (χ0v) is 11.7. The van der Waals surface area contributed by atoms with Crippen LogP contribution in [-0.4, -0.2) is 42.6 Å². The summed E-state index contributed by atoms with van der Waals surface area (Å²) in [5, 5.41) is 10.5. The van der Waals surface area contributed by atoms with Gasteiger partial charge in [-0.25, -0.2) is 0 Å². The Kier molecular flexibility index (Phi) is 4.57. The first-order chi connectivity index (χ1) is 9.52. The maximum absolute atomic E-state index is 10.5. The molecule has 0 saturated carbocycles. The maximum atomic E-state index is 10.5. The molecular formula is C14H21N3O3. The number of likely N-dealkylation sites (tertiary alicyclic amines) is 1. The first kappa shape index (κ1) is 14.7. The van der Waals surface area contributed by atoms with E-state index >= 15 is 0 Å². The Labute approximate surface area is 118 Å². The van der Waals surface area contributed by atoms with Crippen LogP contribution in [0.5, 0.6) is 5.75 Å². The van der Waals surface area contributed by atoms with Crippen molar-refractivity contribution in [1.82, 2.24) is 4.90 Å². The predicted molar refractivity (Wildman–Crippen MR) is 76.8 cm³/mol. The van der Waals surface area contributed by atoms with Crippen LogP contribution < -0.4 is 10.5 Å². The molecule has 1 saturated heterocycles. The van der Waals surface area contributed by atoms with Gasteiger partial charge in [-0.1, -0.05) is 6.92 Å². The van der Waals surface area contributed by atoms with E-state index in [1.54, 1.807) is 12.1 Å². The predicted octanol–water partition coefficient (Wildman–Crippen LogP) is 1.64. The molecule has 0 spiro atoms. The van der Waals surface area contributed by atoms with Gasteiger partial charge in [-0.15, -0.1) is 0 Å². The number of rotatable bonds is 6. The smallest absolute Gasteiger partial charge is 0.269 e. The molecule has 1 aliphatic rings. The fourth-order valence-corrected chi connectivity index (χ4v) is 2.44. The lowest BCUT2D eigenvalue weighted by Gasteiger charge is -2.22. The van der Waals surface area contributed by atoms with Gasteiger partial charge in [0.2, 0.25) is 0 Å². The largest absolute Gasteiger partial charge is 0.492 e. The van der Waals surface area contributed by atoms with Crippen LogP contribution in [0.2, 0.25) is 0 Å². The summed E-state index contributed by atoms with van der Waals surface area (Å²) in [6.07, 6.45) is 1.13. The molecule has 1 aromatic rings. The third-order valence-electron chi connectivity index (χ3n) is 3.85. The Bertz CT molecular complexity index is 463. The van der Waals surface area contributed by atoms with E-state index in [2.05, 4.69) is 11.8 Å². The van der Waals surface area contributed by atoms with Gasteiger partial charge in [-0.3, -0.25) is 15.0 Å². The summed E-state index contributed by atoms with van der Waals surface area (Å²) in [5.74, 6) is 0.663. The van der Waals surface area contributed by atoms with Gasteiger partial charge in [0, 0.05) is 25.2 Å². The number of nitro groups is 1.